The van der Waals surface area contributed by atoms with E-state index in [1.54, 1.807) is 0 Å². The van der Waals surface area contributed by atoms with Crippen LogP contribution in [0, 0.1) is 0 Å². The number of hydrogen-bond donors (Lipinski definition) is 1. The zero-order chi connectivity index (χ0) is 17.1. The Balaban J connectivity index is 1.52. The minimum Gasteiger partial charge on any atom is -0.399 e. The fourth-order valence-corrected chi connectivity index (χ4v) is 4.19. The Hall–Kier alpha value is -1.11. The van der Waals surface area contributed by atoms with Gasteiger partial charge in [0.25, 0.3) is 0 Å². The molecule has 3 aliphatic rings. The van der Waals surface area contributed by atoms with Crippen LogP contribution in [0.15, 0.2) is 18.3 Å². The molecule has 0 aromatic carbocycles. The van der Waals surface area contributed by atoms with Crippen LogP contribution in [0.1, 0.15) is 53.4 Å². The summed E-state index contributed by atoms with van der Waals surface area (Å²) in [5.74, 6) is 1.01. The van der Waals surface area contributed by atoms with E-state index >= 15 is 0 Å². The molecular formula is C18H27BN2O3. The van der Waals surface area contributed by atoms with Gasteiger partial charge < -0.3 is 19.3 Å². The highest BCUT2D eigenvalue weighted by Gasteiger charge is 2.52. The average molecular weight is 330 g/mol. The summed E-state index contributed by atoms with van der Waals surface area (Å²) >= 11 is 0. The lowest BCUT2D eigenvalue weighted by molar-refractivity contribution is 0.00578. The predicted octanol–water partition coefficient (Wildman–Crippen LogP) is 1.87. The summed E-state index contributed by atoms with van der Waals surface area (Å²) in [6, 6.07) is 4.99. The fraction of sp³-hybridized carbons (Fsp3) is 0.722. The number of aromatic nitrogens is 1. The Bertz CT molecular complexity index is 589. The second-order valence-corrected chi connectivity index (χ2v) is 8.46. The molecule has 3 saturated heterocycles. The number of hydrogen-bond acceptors (Lipinski definition) is 5. The summed E-state index contributed by atoms with van der Waals surface area (Å²) in [5.41, 5.74) is 0.290. The Kier molecular flexibility index (Phi) is 3.71. The highest BCUT2D eigenvalue weighted by molar-refractivity contribution is 6.62. The molecule has 130 valence electrons. The van der Waals surface area contributed by atoms with Gasteiger partial charge in [-0.3, -0.25) is 0 Å². The van der Waals surface area contributed by atoms with Crippen LogP contribution < -0.4 is 10.4 Å². The summed E-state index contributed by atoms with van der Waals surface area (Å²) in [6.45, 7) is 8.24. The molecule has 0 radical (unpaired) electrons. The third-order valence-electron chi connectivity index (χ3n) is 6.27. The van der Waals surface area contributed by atoms with Crippen molar-refractivity contribution >= 4 is 18.4 Å². The zero-order valence-corrected chi connectivity index (χ0v) is 15.0. The molecule has 1 aromatic rings. The van der Waals surface area contributed by atoms with Gasteiger partial charge in [0.1, 0.15) is 5.82 Å². The Morgan fingerprint density at radius 3 is 2.17 bits per heavy atom. The molecule has 3 fully saturated rings. The first-order chi connectivity index (χ1) is 11.3. The van der Waals surface area contributed by atoms with E-state index in [0.717, 1.165) is 37.0 Å². The van der Waals surface area contributed by atoms with Crippen LogP contribution in [0.2, 0.25) is 0 Å². The molecule has 4 heterocycles. The van der Waals surface area contributed by atoms with E-state index in [1.807, 2.05) is 6.20 Å². The third-order valence-corrected chi connectivity index (χ3v) is 6.27. The van der Waals surface area contributed by atoms with E-state index < -0.39 is 0 Å². The van der Waals surface area contributed by atoms with Gasteiger partial charge in [-0.05, 0) is 59.4 Å². The van der Waals surface area contributed by atoms with Gasteiger partial charge in [0, 0.05) is 23.7 Å². The first-order valence-corrected chi connectivity index (χ1v) is 9.05. The molecular weight excluding hydrogens is 303 g/mol. The van der Waals surface area contributed by atoms with Crippen LogP contribution in [0.3, 0.4) is 0 Å². The van der Waals surface area contributed by atoms with Crippen LogP contribution >= 0.6 is 0 Å². The van der Waals surface area contributed by atoms with Crippen molar-refractivity contribution in [3.63, 3.8) is 0 Å². The molecule has 1 N–H and O–H groups in total. The molecule has 4 rings (SSSR count). The number of piperidine rings is 1. The Morgan fingerprint density at radius 2 is 1.67 bits per heavy atom. The van der Waals surface area contributed by atoms with E-state index in [2.05, 4.69) is 44.7 Å². The molecule has 24 heavy (non-hydrogen) atoms. The number of pyridine rings is 1. The monoisotopic (exact) mass is 330 g/mol. The molecule has 0 spiro atoms. The average Bonchev–Trinajstić information content (AvgIpc) is 2.89. The van der Waals surface area contributed by atoms with Crippen LogP contribution in [-0.4, -0.2) is 46.6 Å². The van der Waals surface area contributed by atoms with Crippen molar-refractivity contribution in [1.82, 2.24) is 4.98 Å². The second-order valence-electron chi connectivity index (χ2n) is 8.46. The van der Waals surface area contributed by atoms with Crippen molar-refractivity contribution in [2.45, 2.75) is 82.8 Å². The van der Waals surface area contributed by atoms with Gasteiger partial charge in [0.05, 0.1) is 17.3 Å². The molecule has 0 unspecified atom stereocenters. The number of aliphatic hydroxyl groups is 1. The molecule has 5 nitrogen and oxygen atoms in total. The number of anilines is 1. The number of fused-ring (bicyclic) bond motifs is 2. The van der Waals surface area contributed by atoms with Crippen LogP contribution in [0.25, 0.3) is 0 Å². The number of nitrogens with zero attached hydrogens (tertiary/aromatic N) is 2. The topological polar surface area (TPSA) is 54.8 Å². The van der Waals surface area contributed by atoms with Gasteiger partial charge >= 0.3 is 7.12 Å². The Labute approximate surface area is 144 Å². The molecule has 0 aliphatic carbocycles. The minimum atomic E-state index is -0.364. The fourth-order valence-electron chi connectivity index (χ4n) is 4.19. The molecule has 1 aromatic heterocycles. The van der Waals surface area contributed by atoms with E-state index in [0.29, 0.717) is 12.1 Å². The first-order valence-electron chi connectivity index (χ1n) is 9.05. The van der Waals surface area contributed by atoms with E-state index in [-0.39, 0.29) is 24.4 Å². The SMILES string of the molecule is CC1(C)OB(c2ccc(N3[C@@H]4CC[C@H]3C[C@@H](O)C4)nc2)OC1(C)C. The van der Waals surface area contributed by atoms with Gasteiger partial charge in [0.15, 0.2) is 0 Å². The van der Waals surface area contributed by atoms with Crippen molar-refractivity contribution in [3.8, 4) is 0 Å². The summed E-state index contributed by atoms with van der Waals surface area (Å²) in [7, 11) is -0.364. The van der Waals surface area contributed by atoms with Crippen molar-refractivity contribution < 1.29 is 14.4 Å². The molecule has 3 aliphatic heterocycles. The number of rotatable bonds is 2. The lowest BCUT2D eigenvalue weighted by Crippen LogP contribution is -2.45. The van der Waals surface area contributed by atoms with Crippen LogP contribution in [0.4, 0.5) is 5.82 Å². The molecule has 0 amide bonds. The second kappa shape index (κ2) is 5.45. The van der Waals surface area contributed by atoms with Crippen molar-refractivity contribution in [2.24, 2.45) is 0 Å². The Morgan fingerprint density at radius 1 is 1.08 bits per heavy atom. The van der Waals surface area contributed by atoms with E-state index in [4.69, 9.17) is 14.3 Å². The molecule has 0 saturated carbocycles. The quantitative estimate of drug-likeness (QED) is 0.839. The maximum Gasteiger partial charge on any atom is 0.496 e. The minimum absolute atomic E-state index is 0.150. The van der Waals surface area contributed by atoms with Gasteiger partial charge in [-0.15, -0.1) is 0 Å². The van der Waals surface area contributed by atoms with E-state index in [9.17, 15) is 5.11 Å². The summed E-state index contributed by atoms with van der Waals surface area (Å²) in [6.07, 6.45) is 5.75. The highest BCUT2D eigenvalue weighted by atomic mass is 16.7. The highest BCUT2D eigenvalue weighted by Crippen LogP contribution is 2.39. The van der Waals surface area contributed by atoms with Crippen LogP contribution in [-0.2, 0) is 9.31 Å². The van der Waals surface area contributed by atoms with Crippen molar-refractivity contribution in [1.29, 1.82) is 0 Å². The maximum atomic E-state index is 9.96. The standard InChI is InChI=1S/C18H27BN2O3/c1-17(2)18(3,4)24-19(23-17)12-5-8-16(20-11-12)21-13-6-7-14(21)10-15(22)9-13/h5,8,11,13-15,22H,6-7,9-10H2,1-4H3/t13-,14+,15+. The first kappa shape index (κ1) is 16.4. The number of aliphatic hydroxyl groups excluding tert-OH is 1. The normalized spacial score (nSPS) is 34.0. The molecule has 6 heteroatoms. The maximum absolute atomic E-state index is 9.96. The van der Waals surface area contributed by atoms with Gasteiger partial charge in [0.2, 0.25) is 0 Å². The van der Waals surface area contributed by atoms with Crippen molar-refractivity contribution in [3.05, 3.63) is 18.3 Å². The smallest absolute Gasteiger partial charge is 0.399 e. The third kappa shape index (κ3) is 2.55. The lowest BCUT2D eigenvalue weighted by atomic mass is 9.80. The van der Waals surface area contributed by atoms with Gasteiger partial charge in [-0.25, -0.2) is 4.98 Å². The predicted molar refractivity (Wildman–Crippen MR) is 94.5 cm³/mol. The van der Waals surface area contributed by atoms with Crippen LogP contribution in [0.5, 0.6) is 0 Å². The zero-order valence-electron chi connectivity index (χ0n) is 15.0. The van der Waals surface area contributed by atoms with Crippen molar-refractivity contribution in [2.75, 3.05) is 4.90 Å². The largest absolute Gasteiger partial charge is 0.496 e. The summed E-state index contributed by atoms with van der Waals surface area (Å²) < 4.78 is 12.2. The van der Waals surface area contributed by atoms with Gasteiger partial charge in [-0.2, -0.15) is 0 Å². The molecule has 2 bridgehead atoms. The summed E-state index contributed by atoms with van der Waals surface area (Å²) in [4.78, 5) is 7.10. The molecule has 3 atom stereocenters. The van der Waals surface area contributed by atoms with E-state index in [1.165, 1.54) is 0 Å². The summed E-state index contributed by atoms with van der Waals surface area (Å²) in [5, 5.41) is 9.96. The van der Waals surface area contributed by atoms with Gasteiger partial charge in [-0.1, -0.05) is 6.07 Å². The lowest BCUT2D eigenvalue weighted by Gasteiger charge is -2.38.